The third kappa shape index (κ3) is 5.88. The molecule has 164 valence electrons. The molecule has 1 N–H and O–H groups in total. The van der Waals surface area contributed by atoms with Crippen molar-refractivity contribution in [3.63, 3.8) is 0 Å². The van der Waals surface area contributed by atoms with Gasteiger partial charge >= 0.3 is 0 Å². The molecular formula is C26H33N3O2. The minimum atomic E-state index is -0.0793. The van der Waals surface area contributed by atoms with Gasteiger partial charge in [0.05, 0.1) is 6.61 Å². The van der Waals surface area contributed by atoms with Crippen LogP contribution in [0.1, 0.15) is 25.8 Å². The summed E-state index contributed by atoms with van der Waals surface area (Å²) in [5, 5.41) is 0.991. The van der Waals surface area contributed by atoms with Gasteiger partial charge in [0.2, 0.25) is 5.56 Å². The monoisotopic (exact) mass is 419 g/mol. The summed E-state index contributed by atoms with van der Waals surface area (Å²) in [6.07, 6.45) is 2.16. The highest BCUT2D eigenvalue weighted by Crippen LogP contribution is 2.20. The van der Waals surface area contributed by atoms with Gasteiger partial charge in [-0.25, -0.2) is 0 Å². The Balaban J connectivity index is 1.18. The average molecular weight is 420 g/mol. The molecule has 31 heavy (non-hydrogen) atoms. The smallest absolute Gasteiger partial charge is 0.248 e. The van der Waals surface area contributed by atoms with Gasteiger partial charge in [0, 0.05) is 55.4 Å². The zero-order valence-corrected chi connectivity index (χ0v) is 18.6. The lowest BCUT2D eigenvalue weighted by atomic mass is 10.0. The number of hydrogen-bond acceptors (Lipinski definition) is 4. The summed E-state index contributed by atoms with van der Waals surface area (Å²) in [5.41, 5.74) is 3.53. The number of rotatable bonds is 8. The van der Waals surface area contributed by atoms with Crippen molar-refractivity contribution in [1.82, 2.24) is 9.88 Å². The summed E-state index contributed by atoms with van der Waals surface area (Å²) >= 11 is 0. The second-order valence-corrected chi connectivity index (χ2v) is 8.87. The molecule has 1 aliphatic heterocycles. The van der Waals surface area contributed by atoms with E-state index in [1.165, 1.54) is 11.3 Å². The molecule has 0 radical (unpaired) electrons. The molecule has 2 heterocycles. The molecule has 0 amide bonds. The number of ether oxygens (including phenoxy) is 1. The maximum absolute atomic E-state index is 11.4. The fraction of sp³-hybridized carbons (Fsp3) is 0.423. The van der Waals surface area contributed by atoms with Gasteiger partial charge < -0.3 is 14.6 Å². The summed E-state index contributed by atoms with van der Waals surface area (Å²) in [6, 6.07) is 18.3. The Morgan fingerprint density at radius 3 is 2.48 bits per heavy atom. The molecule has 1 fully saturated rings. The van der Waals surface area contributed by atoms with Crippen LogP contribution in [0, 0.1) is 5.92 Å². The second-order valence-electron chi connectivity index (χ2n) is 8.87. The number of anilines is 1. The zero-order chi connectivity index (χ0) is 21.6. The lowest BCUT2D eigenvalue weighted by Gasteiger charge is -2.36. The van der Waals surface area contributed by atoms with E-state index in [2.05, 4.69) is 52.9 Å². The minimum absolute atomic E-state index is 0.0793. The van der Waals surface area contributed by atoms with Gasteiger partial charge in [0.1, 0.15) is 5.75 Å². The van der Waals surface area contributed by atoms with Crippen molar-refractivity contribution in [2.24, 2.45) is 5.92 Å². The minimum Gasteiger partial charge on any atom is -0.494 e. The SMILES string of the molecule is CC(C)Cc1ccc(N2CCN(CCCOc3ccc4[nH]c(=O)ccc4c3)CC2)cc1. The van der Waals surface area contributed by atoms with Crippen LogP contribution in [-0.4, -0.2) is 49.2 Å². The van der Waals surface area contributed by atoms with Crippen LogP contribution in [0.2, 0.25) is 0 Å². The maximum Gasteiger partial charge on any atom is 0.248 e. The first-order valence-electron chi connectivity index (χ1n) is 11.4. The van der Waals surface area contributed by atoms with Crippen molar-refractivity contribution < 1.29 is 4.74 Å². The van der Waals surface area contributed by atoms with Crippen molar-refractivity contribution in [1.29, 1.82) is 0 Å². The maximum atomic E-state index is 11.4. The first kappa shape index (κ1) is 21.4. The number of fused-ring (bicyclic) bond motifs is 1. The second kappa shape index (κ2) is 10.0. The molecule has 0 unspecified atom stereocenters. The number of hydrogen-bond donors (Lipinski definition) is 1. The summed E-state index contributed by atoms with van der Waals surface area (Å²) in [7, 11) is 0. The number of H-pyrrole nitrogens is 1. The Morgan fingerprint density at radius 1 is 0.968 bits per heavy atom. The summed E-state index contributed by atoms with van der Waals surface area (Å²) in [4.78, 5) is 19.2. The molecule has 1 aromatic heterocycles. The quantitative estimate of drug-likeness (QED) is 0.553. The van der Waals surface area contributed by atoms with E-state index in [4.69, 9.17) is 4.74 Å². The number of aromatic nitrogens is 1. The van der Waals surface area contributed by atoms with Crippen LogP contribution >= 0.6 is 0 Å². The molecule has 0 aliphatic carbocycles. The molecule has 0 bridgehead atoms. The third-order valence-corrected chi connectivity index (χ3v) is 5.90. The Morgan fingerprint density at radius 2 is 1.74 bits per heavy atom. The molecule has 0 saturated carbocycles. The molecule has 0 spiro atoms. The van der Waals surface area contributed by atoms with Crippen LogP contribution in [0.4, 0.5) is 5.69 Å². The highest BCUT2D eigenvalue weighted by molar-refractivity contribution is 5.79. The predicted octanol–water partition coefficient (Wildman–Crippen LogP) is 4.32. The molecule has 5 heteroatoms. The van der Waals surface area contributed by atoms with Gasteiger partial charge in [-0.2, -0.15) is 0 Å². The Bertz CT molecular complexity index is 1030. The molecule has 0 atom stereocenters. The van der Waals surface area contributed by atoms with E-state index in [9.17, 15) is 4.79 Å². The van der Waals surface area contributed by atoms with Gasteiger partial charge in [0.25, 0.3) is 0 Å². The molecule has 2 aromatic carbocycles. The van der Waals surface area contributed by atoms with Crippen LogP contribution < -0.4 is 15.2 Å². The van der Waals surface area contributed by atoms with E-state index in [-0.39, 0.29) is 5.56 Å². The summed E-state index contributed by atoms with van der Waals surface area (Å²) < 4.78 is 5.94. The lowest BCUT2D eigenvalue weighted by molar-refractivity contribution is 0.225. The first-order chi connectivity index (χ1) is 15.1. The third-order valence-electron chi connectivity index (χ3n) is 5.90. The van der Waals surface area contributed by atoms with Crippen LogP contribution in [0.3, 0.4) is 0 Å². The molecule has 1 saturated heterocycles. The van der Waals surface area contributed by atoms with Gasteiger partial charge in [0.15, 0.2) is 0 Å². The zero-order valence-electron chi connectivity index (χ0n) is 18.6. The van der Waals surface area contributed by atoms with Crippen LogP contribution in [0.15, 0.2) is 59.4 Å². The number of piperazine rings is 1. The van der Waals surface area contributed by atoms with Gasteiger partial charge in [-0.1, -0.05) is 26.0 Å². The number of nitrogens with zero attached hydrogens (tertiary/aromatic N) is 2. The molecule has 3 aromatic rings. The number of aromatic amines is 1. The molecular weight excluding hydrogens is 386 g/mol. The largest absolute Gasteiger partial charge is 0.494 e. The predicted molar refractivity (Wildman–Crippen MR) is 128 cm³/mol. The van der Waals surface area contributed by atoms with Crippen molar-refractivity contribution >= 4 is 16.6 Å². The first-order valence-corrected chi connectivity index (χ1v) is 11.4. The number of pyridine rings is 1. The summed E-state index contributed by atoms with van der Waals surface area (Å²) in [6.45, 7) is 10.6. The Kier molecular flexibility index (Phi) is 6.92. The molecule has 5 nitrogen and oxygen atoms in total. The standard InChI is InChI=1S/C26H33N3O2/c1-20(2)18-21-4-7-23(8-5-21)29-15-13-28(14-16-29)12-3-17-31-24-9-10-25-22(19-24)6-11-26(30)27-25/h4-11,19-20H,3,12-18H2,1-2H3,(H,27,30). The van der Waals surface area contributed by atoms with E-state index < -0.39 is 0 Å². The molecule has 4 rings (SSSR count). The fourth-order valence-corrected chi connectivity index (χ4v) is 4.24. The van der Waals surface area contributed by atoms with E-state index >= 15 is 0 Å². The highest BCUT2D eigenvalue weighted by atomic mass is 16.5. The van der Waals surface area contributed by atoms with Crippen LogP contribution in [0.5, 0.6) is 5.75 Å². The average Bonchev–Trinajstić information content (AvgIpc) is 2.77. The van der Waals surface area contributed by atoms with Crippen molar-refractivity contribution in [3.8, 4) is 5.75 Å². The van der Waals surface area contributed by atoms with Crippen LogP contribution in [-0.2, 0) is 6.42 Å². The van der Waals surface area contributed by atoms with E-state index in [1.807, 2.05) is 24.3 Å². The number of benzene rings is 2. The van der Waals surface area contributed by atoms with Crippen molar-refractivity contribution in [2.45, 2.75) is 26.7 Å². The fourth-order valence-electron chi connectivity index (χ4n) is 4.24. The Hall–Kier alpha value is -2.79. The molecule has 1 aliphatic rings. The van der Waals surface area contributed by atoms with E-state index in [1.54, 1.807) is 6.07 Å². The normalized spacial score (nSPS) is 15.0. The van der Waals surface area contributed by atoms with E-state index in [0.29, 0.717) is 12.5 Å². The topological polar surface area (TPSA) is 48.6 Å². The highest BCUT2D eigenvalue weighted by Gasteiger charge is 2.17. The van der Waals surface area contributed by atoms with Crippen molar-refractivity contribution in [3.05, 3.63) is 70.5 Å². The summed E-state index contributed by atoms with van der Waals surface area (Å²) in [5.74, 6) is 1.55. The number of nitrogens with one attached hydrogen (secondary N) is 1. The van der Waals surface area contributed by atoms with Crippen LogP contribution in [0.25, 0.3) is 10.9 Å². The van der Waals surface area contributed by atoms with Gasteiger partial charge in [-0.15, -0.1) is 0 Å². The lowest BCUT2D eigenvalue weighted by Crippen LogP contribution is -2.46. The van der Waals surface area contributed by atoms with Crippen molar-refractivity contribution in [2.75, 3.05) is 44.2 Å². The Labute approximate surface area is 184 Å². The van der Waals surface area contributed by atoms with Gasteiger partial charge in [-0.3, -0.25) is 9.69 Å². The van der Waals surface area contributed by atoms with Gasteiger partial charge in [-0.05, 0) is 60.7 Å². The van der Waals surface area contributed by atoms with E-state index in [0.717, 1.165) is 62.2 Å².